The number of nitrogens with two attached hydrogens (primary N) is 1. The lowest BCUT2D eigenvalue weighted by Gasteiger charge is -2.24. The average Bonchev–Trinajstić information content (AvgIpc) is 2.81. The molecule has 0 aromatic heterocycles. The molecule has 1 amide bonds. The quantitative estimate of drug-likeness (QED) is 0.896. The van der Waals surface area contributed by atoms with Gasteiger partial charge in [0.1, 0.15) is 0 Å². The van der Waals surface area contributed by atoms with Crippen molar-refractivity contribution in [2.75, 3.05) is 6.54 Å². The van der Waals surface area contributed by atoms with Crippen LogP contribution in [-0.2, 0) is 11.3 Å². The minimum Gasteiger partial charge on any atom is -0.339 e. The number of hydrogen-bond donors (Lipinski definition) is 1. The molecular weight excluding hydrogens is 307 g/mol. The molecule has 1 aliphatic rings. The summed E-state index contributed by atoms with van der Waals surface area (Å²) in [4.78, 5) is 14.3. The normalized spacial score (nSPS) is 20.9. The molecule has 2 N–H and O–H groups in total. The van der Waals surface area contributed by atoms with Crippen LogP contribution in [-0.4, -0.2) is 23.4 Å². The molecule has 2 rings (SSSR count). The molecule has 2 atom stereocenters. The Bertz CT molecular complexity index is 467. The fraction of sp³-hybridized carbons (Fsp3) is 0.562. The minimum absolute atomic E-state index is 0. The molecule has 0 bridgehead atoms. The van der Waals surface area contributed by atoms with Crippen LogP contribution in [0.4, 0.5) is 0 Å². The highest BCUT2D eigenvalue weighted by atomic mass is 35.5. The number of nitrogens with zero attached hydrogens (tertiary/aromatic N) is 1. The Labute approximate surface area is 138 Å². The predicted molar refractivity (Wildman–Crippen MR) is 89.7 cm³/mol. The molecule has 1 aliphatic carbocycles. The smallest absolute Gasteiger partial charge is 0.223 e. The Morgan fingerprint density at radius 1 is 1.43 bits per heavy atom. The maximum Gasteiger partial charge on any atom is 0.223 e. The van der Waals surface area contributed by atoms with Gasteiger partial charge in [0.2, 0.25) is 5.91 Å². The Morgan fingerprint density at radius 2 is 2.19 bits per heavy atom. The predicted octanol–water partition coefficient (Wildman–Crippen LogP) is 3.63. The van der Waals surface area contributed by atoms with E-state index >= 15 is 0 Å². The second-order valence-corrected chi connectivity index (χ2v) is 6.03. The van der Waals surface area contributed by atoms with Crippen molar-refractivity contribution in [3.8, 4) is 0 Å². The molecule has 0 spiro atoms. The van der Waals surface area contributed by atoms with E-state index < -0.39 is 0 Å². The first-order chi connectivity index (χ1) is 9.60. The summed E-state index contributed by atoms with van der Waals surface area (Å²) in [5.74, 6) is 0.561. The van der Waals surface area contributed by atoms with Crippen LogP contribution >= 0.6 is 24.0 Å². The number of amides is 1. The third-order valence-corrected chi connectivity index (χ3v) is 4.39. The van der Waals surface area contributed by atoms with Crippen molar-refractivity contribution in [3.63, 3.8) is 0 Å². The van der Waals surface area contributed by atoms with Crippen molar-refractivity contribution in [3.05, 3.63) is 34.9 Å². The molecule has 0 radical (unpaired) electrons. The molecule has 1 aromatic rings. The molecule has 0 unspecified atom stereocenters. The first kappa shape index (κ1) is 18.3. The zero-order valence-electron chi connectivity index (χ0n) is 12.4. The van der Waals surface area contributed by atoms with Gasteiger partial charge in [0.25, 0.3) is 0 Å². The SMILES string of the molecule is CCN(Cc1cccc(Cl)c1)C(=O)C[C@@H]1CCC[C@H]1N.Cl. The molecule has 1 aromatic carbocycles. The summed E-state index contributed by atoms with van der Waals surface area (Å²) in [7, 11) is 0. The van der Waals surface area contributed by atoms with Gasteiger partial charge in [-0.25, -0.2) is 0 Å². The summed E-state index contributed by atoms with van der Waals surface area (Å²) in [6, 6.07) is 7.88. The van der Waals surface area contributed by atoms with E-state index in [2.05, 4.69) is 0 Å². The first-order valence-electron chi connectivity index (χ1n) is 7.38. The van der Waals surface area contributed by atoms with Crippen LogP contribution in [0.25, 0.3) is 0 Å². The molecule has 0 heterocycles. The Hall–Kier alpha value is -0.770. The largest absolute Gasteiger partial charge is 0.339 e. The molecule has 1 saturated carbocycles. The van der Waals surface area contributed by atoms with E-state index in [1.165, 1.54) is 0 Å². The summed E-state index contributed by atoms with van der Waals surface area (Å²) in [5.41, 5.74) is 7.13. The van der Waals surface area contributed by atoms with Crippen molar-refractivity contribution in [2.24, 2.45) is 11.7 Å². The standard InChI is InChI=1S/C16H23ClN2O.ClH/c1-2-19(11-12-5-3-7-14(17)9-12)16(20)10-13-6-4-8-15(13)18;/h3,5,7,9,13,15H,2,4,6,8,10-11,18H2,1H3;1H/t13-,15+;/m0./s1. The van der Waals surface area contributed by atoms with Gasteiger partial charge in [0, 0.05) is 30.6 Å². The third kappa shape index (κ3) is 5.17. The van der Waals surface area contributed by atoms with Gasteiger partial charge >= 0.3 is 0 Å². The lowest BCUT2D eigenvalue weighted by molar-refractivity contribution is -0.132. The Kier molecular flexibility index (Phi) is 7.50. The number of halogens is 2. The summed E-state index contributed by atoms with van der Waals surface area (Å²) in [6.07, 6.45) is 3.87. The molecule has 3 nitrogen and oxygen atoms in total. The van der Waals surface area contributed by atoms with Gasteiger partial charge in [0.05, 0.1) is 0 Å². The molecular formula is C16H24Cl2N2O. The van der Waals surface area contributed by atoms with Gasteiger partial charge in [-0.2, -0.15) is 0 Å². The van der Waals surface area contributed by atoms with E-state index in [0.29, 0.717) is 30.5 Å². The van der Waals surface area contributed by atoms with Crippen LogP contribution in [0.3, 0.4) is 0 Å². The van der Waals surface area contributed by atoms with Crippen molar-refractivity contribution in [1.82, 2.24) is 4.90 Å². The van der Waals surface area contributed by atoms with E-state index in [-0.39, 0.29) is 24.4 Å². The van der Waals surface area contributed by atoms with Crippen LogP contribution in [0.15, 0.2) is 24.3 Å². The van der Waals surface area contributed by atoms with Gasteiger partial charge < -0.3 is 10.6 Å². The van der Waals surface area contributed by atoms with E-state index in [9.17, 15) is 4.79 Å². The van der Waals surface area contributed by atoms with E-state index in [4.69, 9.17) is 17.3 Å². The molecule has 21 heavy (non-hydrogen) atoms. The zero-order valence-corrected chi connectivity index (χ0v) is 14.0. The van der Waals surface area contributed by atoms with Crippen LogP contribution in [0.2, 0.25) is 5.02 Å². The Morgan fingerprint density at radius 3 is 2.76 bits per heavy atom. The van der Waals surface area contributed by atoms with Gasteiger partial charge in [-0.3, -0.25) is 4.79 Å². The molecule has 0 aliphatic heterocycles. The fourth-order valence-electron chi connectivity index (χ4n) is 2.90. The van der Waals surface area contributed by atoms with Crippen molar-refractivity contribution >= 4 is 29.9 Å². The summed E-state index contributed by atoms with van der Waals surface area (Å²) < 4.78 is 0. The minimum atomic E-state index is 0. The molecule has 0 saturated heterocycles. The van der Waals surface area contributed by atoms with Gasteiger partial charge in [-0.1, -0.05) is 30.2 Å². The number of hydrogen-bond acceptors (Lipinski definition) is 2. The lowest BCUT2D eigenvalue weighted by Crippen LogP contribution is -2.34. The summed E-state index contributed by atoms with van der Waals surface area (Å²) >= 11 is 5.99. The number of benzene rings is 1. The zero-order chi connectivity index (χ0) is 14.5. The van der Waals surface area contributed by atoms with E-state index in [1.54, 1.807) is 0 Å². The van der Waals surface area contributed by atoms with Crippen LogP contribution < -0.4 is 5.73 Å². The summed E-state index contributed by atoms with van der Waals surface area (Å²) in [6.45, 7) is 3.35. The van der Waals surface area contributed by atoms with Gasteiger partial charge in [0.15, 0.2) is 0 Å². The average molecular weight is 331 g/mol. The second-order valence-electron chi connectivity index (χ2n) is 5.60. The fourth-order valence-corrected chi connectivity index (χ4v) is 3.12. The van der Waals surface area contributed by atoms with E-state index in [0.717, 1.165) is 24.8 Å². The lowest BCUT2D eigenvalue weighted by atomic mass is 9.99. The highest BCUT2D eigenvalue weighted by Crippen LogP contribution is 2.27. The third-order valence-electron chi connectivity index (χ3n) is 4.15. The van der Waals surface area contributed by atoms with E-state index in [1.807, 2.05) is 36.1 Å². The molecule has 118 valence electrons. The monoisotopic (exact) mass is 330 g/mol. The summed E-state index contributed by atoms with van der Waals surface area (Å²) in [5, 5.41) is 0.712. The Balaban J connectivity index is 0.00000220. The van der Waals surface area contributed by atoms with Crippen LogP contribution in [0.1, 0.15) is 38.2 Å². The van der Waals surface area contributed by atoms with Gasteiger partial charge in [-0.05, 0) is 43.4 Å². The van der Waals surface area contributed by atoms with Crippen LogP contribution in [0.5, 0.6) is 0 Å². The second kappa shape index (κ2) is 8.62. The van der Waals surface area contributed by atoms with Crippen molar-refractivity contribution in [1.29, 1.82) is 0 Å². The number of carbonyl (C=O) groups is 1. The van der Waals surface area contributed by atoms with Crippen molar-refractivity contribution in [2.45, 2.75) is 45.2 Å². The number of rotatable bonds is 5. The number of carbonyl (C=O) groups excluding carboxylic acids is 1. The molecule has 5 heteroatoms. The van der Waals surface area contributed by atoms with Crippen molar-refractivity contribution < 1.29 is 4.79 Å². The van der Waals surface area contributed by atoms with Crippen LogP contribution in [0, 0.1) is 5.92 Å². The maximum absolute atomic E-state index is 12.4. The topological polar surface area (TPSA) is 46.3 Å². The first-order valence-corrected chi connectivity index (χ1v) is 7.75. The van der Waals surface area contributed by atoms with Gasteiger partial charge in [-0.15, -0.1) is 12.4 Å². The highest BCUT2D eigenvalue weighted by Gasteiger charge is 2.27. The maximum atomic E-state index is 12.4. The highest BCUT2D eigenvalue weighted by molar-refractivity contribution is 6.30. The molecule has 1 fully saturated rings.